The molecule has 12 heteroatoms. The number of nitrogens with zero attached hydrogens (tertiary/aromatic N) is 4. The van der Waals surface area contributed by atoms with Gasteiger partial charge in [-0.05, 0) is 24.3 Å². The van der Waals surface area contributed by atoms with Gasteiger partial charge in [-0.15, -0.1) is 0 Å². The van der Waals surface area contributed by atoms with Gasteiger partial charge in [0.2, 0.25) is 5.95 Å². The Balaban J connectivity index is 1.53. The molecule has 2 aromatic heterocycles. The van der Waals surface area contributed by atoms with Crippen molar-refractivity contribution in [2.24, 2.45) is 0 Å². The molecule has 150 valence electrons. The fourth-order valence-electron chi connectivity index (χ4n) is 2.26. The Bertz CT molecular complexity index is 1080. The van der Waals surface area contributed by atoms with E-state index in [1.54, 1.807) is 18.2 Å². The molecule has 0 aliphatic rings. The highest BCUT2D eigenvalue weighted by atomic mass is 32.2. The number of nitro groups is 1. The SMILES string of the molecule is O=[N+]([O-])c1ccc(NCCNc2nccc(NS(=O)(=O)c3ccccc3)n2)nc1. The third-order valence-corrected chi connectivity index (χ3v) is 4.99. The summed E-state index contributed by atoms with van der Waals surface area (Å²) in [6.45, 7) is 0.849. The largest absolute Gasteiger partial charge is 0.368 e. The van der Waals surface area contributed by atoms with Crippen LogP contribution in [0.3, 0.4) is 0 Å². The summed E-state index contributed by atoms with van der Waals surface area (Å²) >= 11 is 0. The van der Waals surface area contributed by atoms with E-state index in [0.29, 0.717) is 18.9 Å². The average molecular weight is 415 g/mol. The van der Waals surface area contributed by atoms with Gasteiger partial charge in [0.1, 0.15) is 17.8 Å². The predicted octanol–water partition coefficient (Wildman–Crippen LogP) is 2.10. The van der Waals surface area contributed by atoms with Crippen LogP contribution < -0.4 is 15.4 Å². The van der Waals surface area contributed by atoms with Gasteiger partial charge in [0, 0.05) is 25.4 Å². The molecule has 0 radical (unpaired) electrons. The van der Waals surface area contributed by atoms with Crippen LogP contribution in [-0.2, 0) is 10.0 Å². The fourth-order valence-corrected chi connectivity index (χ4v) is 3.28. The Morgan fingerprint density at radius 3 is 2.38 bits per heavy atom. The van der Waals surface area contributed by atoms with Crippen LogP contribution in [0, 0.1) is 10.1 Å². The Kier molecular flexibility index (Phi) is 6.14. The molecule has 0 amide bonds. The van der Waals surface area contributed by atoms with Crippen molar-refractivity contribution >= 4 is 33.3 Å². The second-order valence-corrected chi connectivity index (χ2v) is 7.38. The minimum atomic E-state index is -3.74. The number of aromatic nitrogens is 3. The molecule has 3 aromatic rings. The van der Waals surface area contributed by atoms with Crippen LogP contribution in [0.25, 0.3) is 0 Å². The molecule has 2 heterocycles. The smallest absolute Gasteiger partial charge is 0.287 e. The van der Waals surface area contributed by atoms with E-state index in [1.165, 1.54) is 42.7 Å². The molecule has 0 atom stereocenters. The first-order valence-electron chi connectivity index (χ1n) is 8.43. The number of pyridine rings is 1. The number of hydrogen-bond acceptors (Lipinski definition) is 9. The van der Waals surface area contributed by atoms with Gasteiger partial charge in [0.25, 0.3) is 15.7 Å². The van der Waals surface area contributed by atoms with Crippen LogP contribution in [0.15, 0.2) is 65.8 Å². The highest BCUT2D eigenvalue weighted by Crippen LogP contribution is 2.14. The molecule has 0 fully saturated rings. The zero-order chi connectivity index (χ0) is 20.7. The van der Waals surface area contributed by atoms with Crippen LogP contribution in [0.5, 0.6) is 0 Å². The van der Waals surface area contributed by atoms with Crippen molar-refractivity contribution in [3.8, 4) is 0 Å². The number of benzene rings is 1. The van der Waals surface area contributed by atoms with Crippen molar-refractivity contribution < 1.29 is 13.3 Å². The monoisotopic (exact) mass is 415 g/mol. The maximum Gasteiger partial charge on any atom is 0.287 e. The molecule has 0 unspecified atom stereocenters. The lowest BCUT2D eigenvalue weighted by molar-refractivity contribution is -0.385. The van der Waals surface area contributed by atoms with Crippen LogP contribution in [0.4, 0.5) is 23.3 Å². The lowest BCUT2D eigenvalue weighted by atomic mass is 10.4. The molecule has 0 aliphatic carbocycles. The van der Waals surface area contributed by atoms with Gasteiger partial charge in [-0.25, -0.2) is 18.4 Å². The summed E-state index contributed by atoms with van der Waals surface area (Å²) in [6, 6.07) is 12.3. The van der Waals surface area contributed by atoms with Crippen LogP contribution in [0.2, 0.25) is 0 Å². The molecular weight excluding hydrogens is 398 g/mol. The van der Waals surface area contributed by atoms with Gasteiger partial charge in [0.15, 0.2) is 0 Å². The maximum absolute atomic E-state index is 12.3. The summed E-state index contributed by atoms with van der Waals surface area (Å²) < 4.78 is 27.1. The first-order valence-corrected chi connectivity index (χ1v) is 9.91. The van der Waals surface area contributed by atoms with E-state index < -0.39 is 14.9 Å². The van der Waals surface area contributed by atoms with E-state index in [2.05, 4.69) is 30.3 Å². The molecule has 0 saturated carbocycles. The highest BCUT2D eigenvalue weighted by Gasteiger charge is 2.14. The van der Waals surface area contributed by atoms with E-state index in [0.717, 1.165) is 0 Å². The van der Waals surface area contributed by atoms with Gasteiger partial charge in [-0.2, -0.15) is 4.98 Å². The fraction of sp³-hybridized carbons (Fsp3) is 0.118. The molecule has 0 bridgehead atoms. The van der Waals surface area contributed by atoms with Crippen molar-refractivity contribution in [1.29, 1.82) is 0 Å². The van der Waals surface area contributed by atoms with Gasteiger partial charge in [0.05, 0.1) is 9.82 Å². The normalized spacial score (nSPS) is 10.9. The number of sulfonamides is 1. The molecular formula is C17H17N7O4S. The van der Waals surface area contributed by atoms with E-state index in [1.807, 2.05) is 0 Å². The number of rotatable bonds is 9. The predicted molar refractivity (Wildman–Crippen MR) is 107 cm³/mol. The van der Waals surface area contributed by atoms with Crippen LogP contribution in [-0.4, -0.2) is 41.4 Å². The summed E-state index contributed by atoms with van der Waals surface area (Å²) in [5.41, 5.74) is -0.0863. The third kappa shape index (κ3) is 5.59. The van der Waals surface area contributed by atoms with E-state index >= 15 is 0 Å². The average Bonchev–Trinajstić information content (AvgIpc) is 2.72. The lowest BCUT2D eigenvalue weighted by Crippen LogP contribution is -2.17. The van der Waals surface area contributed by atoms with E-state index in [-0.39, 0.29) is 22.3 Å². The first kappa shape index (κ1) is 19.9. The maximum atomic E-state index is 12.3. The van der Waals surface area contributed by atoms with Crippen molar-refractivity contribution in [2.45, 2.75) is 4.90 Å². The number of hydrogen-bond donors (Lipinski definition) is 3. The first-order chi connectivity index (χ1) is 13.9. The number of nitrogens with one attached hydrogen (secondary N) is 3. The summed E-state index contributed by atoms with van der Waals surface area (Å²) in [4.78, 5) is 22.3. The van der Waals surface area contributed by atoms with Crippen molar-refractivity contribution in [1.82, 2.24) is 15.0 Å². The molecule has 3 N–H and O–H groups in total. The molecule has 0 saturated heterocycles. The van der Waals surface area contributed by atoms with E-state index in [4.69, 9.17) is 0 Å². The van der Waals surface area contributed by atoms with Gasteiger partial charge in [-0.3, -0.25) is 14.8 Å². The molecule has 1 aromatic carbocycles. The summed E-state index contributed by atoms with van der Waals surface area (Å²) in [7, 11) is -3.74. The third-order valence-electron chi connectivity index (χ3n) is 3.62. The summed E-state index contributed by atoms with van der Waals surface area (Å²) in [6.07, 6.45) is 2.60. The molecule has 29 heavy (non-hydrogen) atoms. The summed E-state index contributed by atoms with van der Waals surface area (Å²) in [5.74, 6) is 0.871. The van der Waals surface area contributed by atoms with Gasteiger partial charge in [-0.1, -0.05) is 18.2 Å². The standard InChI is InChI=1S/C17H17N7O4S/c25-24(26)13-6-7-15(21-12-13)18-10-11-20-17-19-9-8-16(22-17)23-29(27,28)14-4-2-1-3-5-14/h1-9,12H,10-11H2,(H,18,21)(H2,19,20,22,23). The van der Waals surface area contributed by atoms with Crippen molar-refractivity contribution in [3.63, 3.8) is 0 Å². The minimum Gasteiger partial charge on any atom is -0.368 e. The molecule has 3 rings (SSSR count). The van der Waals surface area contributed by atoms with Crippen molar-refractivity contribution in [2.75, 3.05) is 28.4 Å². The van der Waals surface area contributed by atoms with Crippen molar-refractivity contribution in [3.05, 3.63) is 71.0 Å². The Hall–Kier alpha value is -3.80. The van der Waals surface area contributed by atoms with Crippen LogP contribution >= 0.6 is 0 Å². The second kappa shape index (κ2) is 8.93. The zero-order valence-electron chi connectivity index (χ0n) is 15.0. The zero-order valence-corrected chi connectivity index (χ0v) is 15.8. The highest BCUT2D eigenvalue weighted by molar-refractivity contribution is 7.92. The van der Waals surface area contributed by atoms with Gasteiger partial charge >= 0.3 is 0 Å². The molecule has 0 spiro atoms. The minimum absolute atomic E-state index is 0.0863. The Morgan fingerprint density at radius 2 is 1.69 bits per heavy atom. The molecule has 0 aliphatic heterocycles. The van der Waals surface area contributed by atoms with Crippen LogP contribution in [0.1, 0.15) is 0 Å². The Morgan fingerprint density at radius 1 is 0.931 bits per heavy atom. The quantitative estimate of drug-likeness (QED) is 0.271. The Labute approximate surface area is 166 Å². The van der Waals surface area contributed by atoms with Gasteiger partial charge < -0.3 is 10.6 Å². The lowest BCUT2D eigenvalue weighted by Gasteiger charge is -2.10. The molecule has 11 nitrogen and oxygen atoms in total. The summed E-state index contributed by atoms with van der Waals surface area (Å²) in [5, 5.41) is 16.5. The number of anilines is 3. The van der Waals surface area contributed by atoms with E-state index in [9.17, 15) is 18.5 Å². The second-order valence-electron chi connectivity index (χ2n) is 5.70. The topological polar surface area (TPSA) is 152 Å².